The molecule has 2 rings (SSSR count). The lowest BCUT2D eigenvalue weighted by Gasteiger charge is -2.03. The predicted molar refractivity (Wildman–Crippen MR) is 64.7 cm³/mol. The van der Waals surface area contributed by atoms with Crippen molar-refractivity contribution in [3.63, 3.8) is 0 Å². The van der Waals surface area contributed by atoms with Crippen molar-refractivity contribution in [2.75, 3.05) is 0 Å². The minimum Gasteiger partial charge on any atom is -0.478 e. The Morgan fingerprint density at radius 2 is 2.00 bits per heavy atom. The molecule has 0 spiro atoms. The summed E-state index contributed by atoms with van der Waals surface area (Å²) in [5.74, 6) is -0.948. The van der Waals surface area contributed by atoms with Gasteiger partial charge in [0.05, 0.1) is 5.56 Å². The molecule has 4 nitrogen and oxygen atoms in total. The summed E-state index contributed by atoms with van der Waals surface area (Å²) in [6, 6.07) is 3.38. The zero-order chi connectivity index (χ0) is 12.7. The van der Waals surface area contributed by atoms with Crippen LogP contribution in [0.25, 0.3) is 10.9 Å². The van der Waals surface area contributed by atoms with Gasteiger partial charge in [0.1, 0.15) is 0 Å². The minimum atomic E-state index is -0.948. The fourth-order valence-electron chi connectivity index (χ4n) is 2.13. The molecule has 1 N–H and O–H groups in total. The van der Waals surface area contributed by atoms with Gasteiger partial charge >= 0.3 is 5.97 Å². The second-order valence-corrected chi connectivity index (χ2v) is 4.17. The van der Waals surface area contributed by atoms with E-state index in [0.717, 1.165) is 22.9 Å². The van der Waals surface area contributed by atoms with Gasteiger partial charge in [-0.3, -0.25) is 4.79 Å². The van der Waals surface area contributed by atoms with E-state index in [0.29, 0.717) is 11.1 Å². The summed E-state index contributed by atoms with van der Waals surface area (Å²) in [6.07, 6.45) is 0.817. The highest BCUT2D eigenvalue weighted by Crippen LogP contribution is 2.26. The molecule has 17 heavy (non-hydrogen) atoms. The van der Waals surface area contributed by atoms with E-state index >= 15 is 0 Å². The van der Waals surface area contributed by atoms with Crippen molar-refractivity contribution in [3.05, 3.63) is 34.5 Å². The molecule has 2 aromatic rings. The Labute approximate surface area is 98.5 Å². The van der Waals surface area contributed by atoms with Gasteiger partial charge in [0, 0.05) is 29.2 Å². The first-order valence-electron chi connectivity index (χ1n) is 5.25. The molecule has 0 aliphatic heterocycles. The van der Waals surface area contributed by atoms with Crippen molar-refractivity contribution in [1.82, 2.24) is 4.57 Å². The Morgan fingerprint density at radius 3 is 2.53 bits per heavy atom. The number of aldehydes is 1. The average Bonchev–Trinajstić information content (AvgIpc) is 2.50. The second-order valence-electron chi connectivity index (χ2n) is 4.17. The van der Waals surface area contributed by atoms with E-state index in [2.05, 4.69) is 0 Å². The van der Waals surface area contributed by atoms with Crippen molar-refractivity contribution < 1.29 is 14.7 Å². The number of rotatable bonds is 2. The van der Waals surface area contributed by atoms with E-state index in [1.807, 2.05) is 18.5 Å². The fourth-order valence-corrected chi connectivity index (χ4v) is 2.13. The van der Waals surface area contributed by atoms with Gasteiger partial charge in [-0.2, -0.15) is 0 Å². The Morgan fingerprint density at radius 1 is 1.35 bits per heavy atom. The van der Waals surface area contributed by atoms with Gasteiger partial charge in [-0.05, 0) is 31.5 Å². The number of nitrogens with zero attached hydrogens (tertiary/aromatic N) is 1. The molecule has 88 valence electrons. The summed E-state index contributed by atoms with van der Waals surface area (Å²) in [7, 11) is 1.83. The summed E-state index contributed by atoms with van der Waals surface area (Å²) < 4.78 is 1.84. The van der Waals surface area contributed by atoms with Gasteiger partial charge in [-0.1, -0.05) is 0 Å². The van der Waals surface area contributed by atoms with Crippen LogP contribution in [0.15, 0.2) is 12.1 Å². The van der Waals surface area contributed by atoms with Crippen LogP contribution in [-0.2, 0) is 7.05 Å². The molecule has 0 amide bonds. The van der Waals surface area contributed by atoms with Gasteiger partial charge < -0.3 is 9.67 Å². The van der Waals surface area contributed by atoms with Gasteiger partial charge in [-0.15, -0.1) is 0 Å². The Kier molecular flexibility index (Phi) is 2.50. The van der Waals surface area contributed by atoms with Crippen molar-refractivity contribution >= 4 is 23.2 Å². The van der Waals surface area contributed by atoms with Crippen LogP contribution in [-0.4, -0.2) is 21.9 Å². The lowest BCUT2D eigenvalue weighted by atomic mass is 10.0. The summed E-state index contributed by atoms with van der Waals surface area (Å²) in [6.45, 7) is 3.58. The number of aromatic carboxylic acids is 1. The Balaban J connectivity index is 2.93. The predicted octanol–water partition coefficient (Wildman–Crippen LogP) is 2.31. The number of carboxylic acids is 1. The number of carbonyl (C=O) groups is 2. The molecule has 0 radical (unpaired) electrons. The summed E-state index contributed by atoms with van der Waals surface area (Å²) in [4.78, 5) is 22.1. The number of aryl methyl sites for hydroxylation is 2. The van der Waals surface area contributed by atoms with Crippen LogP contribution in [0.1, 0.15) is 32.0 Å². The number of aromatic nitrogens is 1. The summed E-state index contributed by atoms with van der Waals surface area (Å²) >= 11 is 0. The first-order valence-corrected chi connectivity index (χ1v) is 5.25. The molecular weight excluding hydrogens is 218 g/mol. The van der Waals surface area contributed by atoms with Crippen LogP contribution in [0.2, 0.25) is 0 Å². The molecule has 1 aromatic heterocycles. The SMILES string of the molecule is Cc1cc2c(C=O)c(C)n(C)c2cc1C(=O)O. The smallest absolute Gasteiger partial charge is 0.336 e. The second kappa shape index (κ2) is 3.73. The lowest BCUT2D eigenvalue weighted by Crippen LogP contribution is -2.00. The lowest BCUT2D eigenvalue weighted by molar-refractivity contribution is 0.0696. The van der Waals surface area contributed by atoms with Crippen LogP contribution in [0, 0.1) is 13.8 Å². The van der Waals surface area contributed by atoms with E-state index in [1.54, 1.807) is 19.1 Å². The van der Waals surface area contributed by atoms with E-state index in [9.17, 15) is 9.59 Å². The first kappa shape index (κ1) is 11.4. The van der Waals surface area contributed by atoms with E-state index < -0.39 is 5.97 Å². The van der Waals surface area contributed by atoms with Crippen molar-refractivity contribution in [3.8, 4) is 0 Å². The summed E-state index contributed by atoms with van der Waals surface area (Å²) in [5, 5.41) is 9.88. The number of fused-ring (bicyclic) bond motifs is 1. The number of benzene rings is 1. The average molecular weight is 231 g/mol. The van der Waals surface area contributed by atoms with Crippen LogP contribution in [0.4, 0.5) is 0 Å². The number of carbonyl (C=O) groups excluding carboxylic acids is 1. The maximum Gasteiger partial charge on any atom is 0.336 e. The Bertz CT molecular complexity index is 638. The van der Waals surface area contributed by atoms with Crippen LogP contribution < -0.4 is 0 Å². The molecule has 0 aliphatic rings. The number of hydrogen-bond donors (Lipinski definition) is 1. The normalized spacial score (nSPS) is 10.8. The zero-order valence-electron chi connectivity index (χ0n) is 9.94. The highest BCUT2D eigenvalue weighted by atomic mass is 16.4. The van der Waals surface area contributed by atoms with Crippen molar-refractivity contribution in [1.29, 1.82) is 0 Å². The summed E-state index contributed by atoms with van der Waals surface area (Å²) in [5.41, 5.74) is 3.18. The van der Waals surface area contributed by atoms with Crippen LogP contribution >= 0.6 is 0 Å². The quantitative estimate of drug-likeness (QED) is 0.807. The highest BCUT2D eigenvalue weighted by molar-refractivity contribution is 6.03. The molecule has 1 heterocycles. The van der Waals surface area contributed by atoms with Crippen molar-refractivity contribution in [2.45, 2.75) is 13.8 Å². The maximum atomic E-state index is 11.1. The van der Waals surface area contributed by atoms with Gasteiger partial charge in [0.2, 0.25) is 0 Å². The fraction of sp³-hybridized carbons (Fsp3) is 0.231. The number of hydrogen-bond acceptors (Lipinski definition) is 2. The third-order valence-corrected chi connectivity index (χ3v) is 3.24. The molecular formula is C13H13NO3. The molecule has 0 bridgehead atoms. The largest absolute Gasteiger partial charge is 0.478 e. The van der Waals surface area contributed by atoms with Crippen LogP contribution in [0.5, 0.6) is 0 Å². The standard InChI is InChI=1S/C13H13NO3/c1-7-4-10-11(6-15)8(2)14(3)12(10)5-9(7)13(16)17/h4-6H,1-3H3,(H,16,17). The van der Waals surface area contributed by atoms with Crippen molar-refractivity contribution in [2.24, 2.45) is 7.05 Å². The molecule has 0 fully saturated rings. The molecule has 0 saturated carbocycles. The number of carboxylic acid groups (broad SMARTS) is 1. The molecule has 4 heteroatoms. The van der Waals surface area contributed by atoms with E-state index in [1.165, 1.54) is 0 Å². The van der Waals surface area contributed by atoms with E-state index in [4.69, 9.17) is 5.11 Å². The van der Waals surface area contributed by atoms with Gasteiger partial charge in [0.25, 0.3) is 0 Å². The van der Waals surface area contributed by atoms with Gasteiger partial charge in [0.15, 0.2) is 6.29 Å². The zero-order valence-corrected chi connectivity index (χ0v) is 9.94. The molecule has 0 aliphatic carbocycles. The third-order valence-electron chi connectivity index (χ3n) is 3.24. The molecule has 0 unspecified atom stereocenters. The Hall–Kier alpha value is -2.10. The molecule has 1 aromatic carbocycles. The molecule has 0 saturated heterocycles. The third kappa shape index (κ3) is 1.53. The molecule has 0 atom stereocenters. The maximum absolute atomic E-state index is 11.1. The first-order chi connectivity index (χ1) is 7.97. The highest BCUT2D eigenvalue weighted by Gasteiger charge is 2.15. The monoisotopic (exact) mass is 231 g/mol. The van der Waals surface area contributed by atoms with Crippen LogP contribution in [0.3, 0.4) is 0 Å². The van der Waals surface area contributed by atoms with Gasteiger partial charge in [-0.25, -0.2) is 4.79 Å². The topological polar surface area (TPSA) is 59.3 Å². The minimum absolute atomic E-state index is 0.274. The van der Waals surface area contributed by atoms with E-state index in [-0.39, 0.29) is 5.56 Å².